The second kappa shape index (κ2) is 8.24. The van der Waals surface area contributed by atoms with Gasteiger partial charge in [-0.05, 0) is 97.2 Å². The van der Waals surface area contributed by atoms with E-state index in [2.05, 4.69) is 47.6 Å². The van der Waals surface area contributed by atoms with E-state index in [1.54, 1.807) is 5.57 Å². The molecule has 1 heteroatoms. The van der Waals surface area contributed by atoms with Gasteiger partial charge in [-0.1, -0.05) is 72.5 Å². The fourth-order valence-corrected chi connectivity index (χ4v) is 9.09. The zero-order chi connectivity index (χ0) is 21.7. The molecule has 0 N–H and O–H groups in total. The van der Waals surface area contributed by atoms with Crippen molar-refractivity contribution in [1.29, 1.82) is 0 Å². The molecule has 172 valence electrons. The van der Waals surface area contributed by atoms with Crippen molar-refractivity contribution in [2.24, 2.45) is 45.8 Å². The van der Waals surface area contributed by atoms with Gasteiger partial charge >= 0.3 is 0 Å². The number of allylic oxidation sites excluding steroid dienone is 1. The van der Waals surface area contributed by atoms with Crippen LogP contribution in [-0.4, -0.2) is 13.2 Å². The average molecular weight is 415 g/mol. The second-order valence-electron chi connectivity index (χ2n) is 13.0. The molecule has 1 unspecified atom stereocenters. The highest BCUT2D eigenvalue weighted by Crippen LogP contribution is 2.71. The molecule has 4 aliphatic rings. The highest BCUT2D eigenvalue weighted by molar-refractivity contribution is 5.26. The van der Waals surface area contributed by atoms with E-state index in [-0.39, 0.29) is 0 Å². The monoisotopic (exact) mass is 414 g/mol. The van der Waals surface area contributed by atoms with Crippen molar-refractivity contribution in [3.8, 4) is 0 Å². The Morgan fingerprint density at radius 2 is 1.70 bits per heavy atom. The lowest BCUT2D eigenvalue weighted by atomic mass is 9.44. The van der Waals surface area contributed by atoms with E-state index in [0.29, 0.717) is 22.3 Å². The van der Waals surface area contributed by atoms with Gasteiger partial charge in [-0.15, -0.1) is 0 Å². The predicted octanol–water partition coefficient (Wildman–Crippen LogP) is 8.43. The van der Waals surface area contributed by atoms with Gasteiger partial charge in [0, 0.05) is 7.11 Å². The molecule has 0 radical (unpaired) electrons. The summed E-state index contributed by atoms with van der Waals surface area (Å²) in [7, 11) is 1.91. The quantitative estimate of drug-likeness (QED) is 0.396. The van der Waals surface area contributed by atoms with E-state index in [9.17, 15) is 0 Å². The van der Waals surface area contributed by atoms with Crippen LogP contribution in [0.2, 0.25) is 0 Å². The van der Waals surface area contributed by atoms with Crippen LogP contribution in [0.3, 0.4) is 0 Å². The Morgan fingerprint density at radius 1 is 0.967 bits per heavy atom. The molecule has 0 amide bonds. The SMILES string of the molecule is COC1CC[C@@]2(C)C(=CC[C@@H]3[C@H]2CC[C@@]2(C)[C@@H]3CC[C@@]2(C)[C@@H](C)CCCC(C)C)C1. The van der Waals surface area contributed by atoms with Crippen LogP contribution in [-0.2, 0) is 4.74 Å². The number of hydrogen-bond donors (Lipinski definition) is 0. The molecule has 1 nitrogen and oxygen atoms in total. The summed E-state index contributed by atoms with van der Waals surface area (Å²) < 4.78 is 5.77. The lowest BCUT2D eigenvalue weighted by Crippen LogP contribution is -2.53. The Morgan fingerprint density at radius 3 is 2.40 bits per heavy atom. The molecule has 0 aliphatic heterocycles. The van der Waals surface area contributed by atoms with Crippen molar-refractivity contribution in [2.75, 3.05) is 7.11 Å². The molecule has 0 aromatic rings. The Kier molecular flexibility index (Phi) is 6.28. The summed E-state index contributed by atoms with van der Waals surface area (Å²) in [6.07, 6.45) is 18.5. The van der Waals surface area contributed by atoms with Gasteiger partial charge in [-0.3, -0.25) is 0 Å². The van der Waals surface area contributed by atoms with Gasteiger partial charge in [-0.25, -0.2) is 0 Å². The standard InChI is InChI=1S/C29H50O/c1-20(2)9-8-10-21(3)28(5)17-15-26-24-12-11-22-19-23(30-7)13-16-27(22,4)25(24)14-18-29(26,28)6/h11,20-21,23-26H,8-10,12-19H2,1-7H3/t21-,23?,24+,25+,26+,27-,28-,29-/m0/s1. The van der Waals surface area contributed by atoms with Gasteiger partial charge in [0.05, 0.1) is 6.10 Å². The normalized spacial score (nSPS) is 46.7. The van der Waals surface area contributed by atoms with Gasteiger partial charge < -0.3 is 4.74 Å². The van der Waals surface area contributed by atoms with Crippen LogP contribution in [0.1, 0.15) is 112 Å². The summed E-state index contributed by atoms with van der Waals surface area (Å²) in [5.74, 6) is 4.52. The van der Waals surface area contributed by atoms with Crippen LogP contribution in [0, 0.1) is 45.8 Å². The first-order chi connectivity index (χ1) is 14.2. The van der Waals surface area contributed by atoms with Crippen molar-refractivity contribution in [1.82, 2.24) is 0 Å². The van der Waals surface area contributed by atoms with E-state index in [1.165, 1.54) is 70.6 Å². The molecule has 0 aromatic carbocycles. The second-order valence-corrected chi connectivity index (χ2v) is 13.0. The van der Waals surface area contributed by atoms with Crippen molar-refractivity contribution in [3.05, 3.63) is 11.6 Å². The van der Waals surface area contributed by atoms with Crippen molar-refractivity contribution < 1.29 is 4.74 Å². The summed E-state index contributed by atoms with van der Waals surface area (Å²) in [6, 6.07) is 0. The Bertz CT molecular complexity index is 649. The fraction of sp³-hybridized carbons (Fsp3) is 0.931. The van der Waals surface area contributed by atoms with Crippen LogP contribution in [0.15, 0.2) is 11.6 Å². The fourth-order valence-electron chi connectivity index (χ4n) is 9.09. The molecule has 4 aliphatic carbocycles. The molecule has 30 heavy (non-hydrogen) atoms. The Balaban J connectivity index is 1.53. The highest BCUT2D eigenvalue weighted by atomic mass is 16.5. The third-order valence-corrected chi connectivity index (χ3v) is 11.6. The molecule has 8 atom stereocenters. The first-order valence-corrected chi connectivity index (χ1v) is 13.4. The van der Waals surface area contributed by atoms with Gasteiger partial charge in [0.25, 0.3) is 0 Å². The smallest absolute Gasteiger partial charge is 0.0608 e. The average Bonchev–Trinajstić information content (AvgIpc) is 2.99. The number of hydrogen-bond acceptors (Lipinski definition) is 1. The maximum Gasteiger partial charge on any atom is 0.0608 e. The minimum absolute atomic E-state index is 0.459. The van der Waals surface area contributed by atoms with E-state index >= 15 is 0 Å². The van der Waals surface area contributed by atoms with Crippen LogP contribution in [0.25, 0.3) is 0 Å². The maximum atomic E-state index is 5.77. The van der Waals surface area contributed by atoms with E-state index < -0.39 is 0 Å². The van der Waals surface area contributed by atoms with Gasteiger partial charge in [-0.2, -0.15) is 0 Å². The van der Waals surface area contributed by atoms with Crippen molar-refractivity contribution in [2.45, 2.75) is 118 Å². The highest BCUT2D eigenvalue weighted by Gasteiger charge is 2.63. The van der Waals surface area contributed by atoms with E-state index in [1.807, 2.05) is 7.11 Å². The molecule has 0 spiro atoms. The van der Waals surface area contributed by atoms with E-state index in [4.69, 9.17) is 4.74 Å². The van der Waals surface area contributed by atoms with Crippen LogP contribution in [0.4, 0.5) is 0 Å². The number of rotatable bonds is 6. The summed E-state index contributed by atoms with van der Waals surface area (Å²) in [6.45, 7) is 15.4. The molecule has 0 heterocycles. The van der Waals surface area contributed by atoms with Gasteiger partial charge in [0.15, 0.2) is 0 Å². The van der Waals surface area contributed by atoms with Crippen LogP contribution in [0.5, 0.6) is 0 Å². The third-order valence-electron chi connectivity index (χ3n) is 11.6. The molecule has 4 rings (SSSR count). The summed E-state index contributed by atoms with van der Waals surface area (Å²) in [5, 5.41) is 0. The summed E-state index contributed by atoms with van der Waals surface area (Å²) >= 11 is 0. The lowest BCUT2D eigenvalue weighted by molar-refractivity contribution is -0.0902. The first kappa shape index (κ1) is 22.9. The minimum atomic E-state index is 0.459. The summed E-state index contributed by atoms with van der Waals surface area (Å²) in [4.78, 5) is 0. The number of ether oxygens (including phenoxy) is 1. The number of fused-ring (bicyclic) bond motifs is 5. The van der Waals surface area contributed by atoms with Gasteiger partial charge in [0.2, 0.25) is 0 Å². The minimum Gasteiger partial charge on any atom is -0.381 e. The largest absolute Gasteiger partial charge is 0.381 e. The molecular formula is C29H50O. The molecular weight excluding hydrogens is 364 g/mol. The summed E-state index contributed by atoms with van der Waals surface area (Å²) in [5.41, 5.74) is 3.31. The van der Waals surface area contributed by atoms with Crippen molar-refractivity contribution in [3.63, 3.8) is 0 Å². The Labute approximate surface area is 187 Å². The van der Waals surface area contributed by atoms with Crippen molar-refractivity contribution >= 4 is 0 Å². The number of methoxy groups -OCH3 is 1. The third kappa shape index (κ3) is 3.45. The topological polar surface area (TPSA) is 9.23 Å². The molecule has 3 fully saturated rings. The molecule has 3 saturated carbocycles. The molecule has 0 bridgehead atoms. The zero-order valence-corrected chi connectivity index (χ0v) is 21.2. The molecule has 0 aromatic heterocycles. The van der Waals surface area contributed by atoms with E-state index in [0.717, 1.165) is 29.6 Å². The predicted molar refractivity (Wildman–Crippen MR) is 128 cm³/mol. The molecule has 0 saturated heterocycles. The lowest BCUT2D eigenvalue weighted by Gasteiger charge is -2.60. The van der Waals surface area contributed by atoms with Crippen LogP contribution < -0.4 is 0 Å². The first-order valence-electron chi connectivity index (χ1n) is 13.4. The Hall–Kier alpha value is -0.300. The zero-order valence-electron chi connectivity index (χ0n) is 21.2. The van der Waals surface area contributed by atoms with Gasteiger partial charge in [0.1, 0.15) is 0 Å². The maximum absolute atomic E-state index is 5.77. The van der Waals surface area contributed by atoms with Crippen LogP contribution >= 0.6 is 0 Å².